The maximum absolute atomic E-state index is 12.9. The molecule has 1 aromatic carbocycles. The summed E-state index contributed by atoms with van der Waals surface area (Å²) in [6, 6.07) is 6.67. The van der Waals surface area contributed by atoms with Crippen molar-refractivity contribution in [1.82, 2.24) is 4.98 Å². The van der Waals surface area contributed by atoms with E-state index in [0.29, 0.717) is 10.8 Å². The fourth-order valence-corrected chi connectivity index (χ4v) is 1.14. The Hall–Kier alpha value is -1.64. The minimum atomic E-state index is -0.552. The average molecular weight is 163 g/mol. The van der Waals surface area contributed by atoms with E-state index in [1.807, 2.05) is 0 Å². The molecule has 2 nitrogen and oxygen atoms in total. The van der Waals surface area contributed by atoms with Crippen LogP contribution in [0.2, 0.25) is 0 Å². The standard InChI is InChI=1S/C9H6FNO/c10-9-7-4-2-1-3-6(7)8(12)5-11-9/h1-5,12H. The van der Waals surface area contributed by atoms with Gasteiger partial charge in [0.25, 0.3) is 0 Å². The van der Waals surface area contributed by atoms with E-state index in [-0.39, 0.29) is 5.75 Å². The summed E-state index contributed by atoms with van der Waals surface area (Å²) in [6.45, 7) is 0. The molecule has 0 unspecified atom stereocenters. The van der Waals surface area contributed by atoms with Crippen molar-refractivity contribution >= 4 is 10.8 Å². The van der Waals surface area contributed by atoms with Gasteiger partial charge in [-0.05, 0) is 6.07 Å². The van der Waals surface area contributed by atoms with E-state index in [4.69, 9.17) is 0 Å². The normalized spacial score (nSPS) is 10.4. The summed E-state index contributed by atoms with van der Waals surface area (Å²) in [4.78, 5) is 3.39. The molecule has 1 N–H and O–H groups in total. The van der Waals surface area contributed by atoms with E-state index >= 15 is 0 Å². The van der Waals surface area contributed by atoms with E-state index in [0.717, 1.165) is 6.20 Å². The first-order chi connectivity index (χ1) is 5.79. The van der Waals surface area contributed by atoms with Crippen LogP contribution in [0.1, 0.15) is 0 Å². The van der Waals surface area contributed by atoms with Crippen LogP contribution in [-0.4, -0.2) is 10.1 Å². The van der Waals surface area contributed by atoms with E-state index in [9.17, 15) is 9.50 Å². The van der Waals surface area contributed by atoms with Gasteiger partial charge in [0.2, 0.25) is 5.95 Å². The van der Waals surface area contributed by atoms with Gasteiger partial charge >= 0.3 is 0 Å². The smallest absolute Gasteiger partial charge is 0.220 e. The topological polar surface area (TPSA) is 33.1 Å². The van der Waals surface area contributed by atoms with Crippen LogP contribution in [0, 0.1) is 5.95 Å². The fourth-order valence-electron chi connectivity index (χ4n) is 1.14. The van der Waals surface area contributed by atoms with Crippen molar-refractivity contribution < 1.29 is 9.50 Å². The van der Waals surface area contributed by atoms with Gasteiger partial charge in [0.15, 0.2) is 0 Å². The van der Waals surface area contributed by atoms with Crippen LogP contribution in [0.15, 0.2) is 30.5 Å². The number of aromatic hydroxyl groups is 1. The molecular formula is C9H6FNO. The molecule has 1 heterocycles. The third kappa shape index (κ3) is 0.906. The lowest BCUT2D eigenvalue weighted by Crippen LogP contribution is -1.84. The number of halogens is 1. The third-order valence-electron chi connectivity index (χ3n) is 1.73. The Bertz CT molecular complexity index is 387. The predicted octanol–water partition coefficient (Wildman–Crippen LogP) is 2.08. The number of fused-ring (bicyclic) bond motifs is 1. The van der Waals surface area contributed by atoms with Crippen molar-refractivity contribution in [2.45, 2.75) is 0 Å². The summed E-state index contributed by atoms with van der Waals surface area (Å²) in [5.41, 5.74) is 0. The number of rotatable bonds is 0. The number of nitrogens with zero attached hydrogens (tertiary/aromatic N) is 1. The van der Waals surface area contributed by atoms with Crippen molar-refractivity contribution in [2.75, 3.05) is 0 Å². The SMILES string of the molecule is Oc1cnc(F)c2ccccc12. The second-order valence-electron chi connectivity index (χ2n) is 2.48. The summed E-state index contributed by atoms with van der Waals surface area (Å²) in [5.74, 6) is -0.546. The highest BCUT2D eigenvalue weighted by atomic mass is 19.1. The van der Waals surface area contributed by atoms with E-state index < -0.39 is 5.95 Å². The Morgan fingerprint density at radius 2 is 1.83 bits per heavy atom. The lowest BCUT2D eigenvalue weighted by Gasteiger charge is -1.99. The van der Waals surface area contributed by atoms with Crippen molar-refractivity contribution in [1.29, 1.82) is 0 Å². The first-order valence-electron chi connectivity index (χ1n) is 3.51. The molecule has 0 aliphatic carbocycles. The van der Waals surface area contributed by atoms with Crippen molar-refractivity contribution in [3.05, 3.63) is 36.4 Å². The van der Waals surface area contributed by atoms with Gasteiger partial charge in [-0.15, -0.1) is 0 Å². The van der Waals surface area contributed by atoms with Crippen LogP contribution in [0.3, 0.4) is 0 Å². The Morgan fingerprint density at radius 3 is 2.50 bits per heavy atom. The second-order valence-corrected chi connectivity index (χ2v) is 2.48. The number of hydrogen-bond acceptors (Lipinski definition) is 2. The molecule has 0 aliphatic rings. The molecule has 2 rings (SSSR count). The van der Waals surface area contributed by atoms with Gasteiger partial charge in [0, 0.05) is 10.8 Å². The summed E-state index contributed by atoms with van der Waals surface area (Å²) in [5, 5.41) is 10.1. The maximum atomic E-state index is 12.9. The summed E-state index contributed by atoms with van der Waals surface area (Å²) < 4.78 is 12.9. The molecule has 0 amide bonds. The minimum Gasteiger partial charge on any atom is -0.506 e. The number of aromatic nitrogens is 1. The number of pyridine rings is 1. The van der Waals surface area contributed by atoms with Gasteiger partial charge in [-0.3, -0.25) is 0 Å². The minimum absolute atomic E-state index is 0.00648. The molecule has 1 aromatic heterocycles. The average Bonchev–Trinajstić information content (AvgIpc) is 2.12. The van der Waals surface area contributed by atoms with E-state index in [1.165, 1.54) is 0 Å². The first kappa shape index (κ1) is 7.03. The van der Waals surface area contributed by atoms with Gasteiger partial charge in [-0.25, -0.2) is 4.98 Å². The number of hydrogen-bond donors (Lipinski definition) is 1. The molecule has 2 aromatic rings. The van der Waals surface area contributed by atoms with E-state index in [2.05, 4.69) is 4.98 Å². The molecule has 0 saturated heterocycles. The van der Waals surface area contributed by atoms with E-state index in [1.54, 1.807) is 24.3 Å². The molecule has 0 saturated carbocycles. The van der Waals surface area contributed by atoms with Crippen molar-refractivity contribution in [2.24, 2.45) is 0 Å². The van der Waals surface area contributed by atoms with Gasteiger partial charge in [-0.1, -0.05) is 18.2 Å². The van der Waals surface area contributed by atoms with Gasteiger partial charge in [-0.2, -0.15) is 4.39 Å². The molecule has 60 valence electrons. The van der Waals surface area contributed by atoms with Crippen LogP contribution in [-0.2, 0) is 0 Å². The van der Waals surface area contributed by atoms with Crippen molar-refractivity contribution in [3.63, 3.8) is 0 Å². The maximum Gasteiger partial charge on any atom is 0.220 e. The van der Waals surface area contributed by atoms with Crippen LogP contribution >= 0.6 is 0 Å². The van der Waals surface area contributed by atoms with Crippen LogP contribution < -0.4 is 0 Å². The highest BCUT2D eigenvalue weighted by Crippen LogP contribution is 2.23. The zero-order valence-corrected chi connectivity index (χ0v) is 6.16. The Morgan fingerprint density at radius 1 is 1.17 bits per heavy atom. The lowest BCUT2D eigenvalue weighted by atomic mass is 10.2. The summed E-state index contributed by atoms with van der Waals surface area (Å²) >= 11 is 0. The molecule has 3 heteroatoms. The van der Waals surface area contributed by atoms with Crippen LogP contribution in [0.5, 0.6) is 5.75 Å². The number of benzene rings is 1. The molecule has 0 aliphatic heterocycles. The third-order valence-corrected chi connectivity index (χ3v) is 1.73. The summed E-state index contributed by atoms with van der Waals surface area (Å²) in [7, 11) is 0. The zero-order valence-electron chi connectivity index (χ0n) is 6.16. The molecular weight excluding hydrogens is 157 g/mol. The molecule has 12 heavy (non-hydrogen) atoms. The first-order valence-corrected chi connectivity index (χ1v) is 3.51. The van der Waals surface area contributed by atoms with Gasteiger partial charge < -0.3 is 5.11 Å². The molecule has 0 atom stereocenters. The molecule has 0 fully saturated rings. The zero-order chi connectivity index (χ0) is 8.55. The van der Waals surface area contributed by atoms with Gasteiger partial charge in [0.05, 0.1) is 6.20 Å². The van der Waals surface area contributed by atoms with Crippen LogP contribution in [0.25, 0.3) is 10.8 Å². The van der Waals surface area contributed by atoms with Gasteiger partial charge in [0.1, 0.15) is 5.75 Å². The monoisotopic (exact) mass is 163 g/mol. The Balaban J connectivity index is 2.95. The van der Waals surface area contributed by atoms with Crippen molar-refractivity contribution in [3.8, 4) is 5.75 Å². The Kier molecular flexibility index (Phi) is 1.43. The highest BCUT2D eigenvalue weighted by Gasteiger charge is 2.03. The van der Waals surface area contributed by atoms with Crippen LogP contribution in [0.4, 0.5) is 4.39 Å². The predicted molar refractivity (Wildman–Crippen MR) is 43.4 cm³/mol. The quantitative estimate of drug-likeness (QED) is 0.603. The molecule has 0 radical (unpaired) electrons. The summed E-state index contributed by atoms with van der Waals surface area (Å²) in [6.07, 6.45) is 1.11. The molecule has 0 bridgehead atoms. The Labute approximate surface area is 68.3 Å². The largest absolute Gasteiger partial charge is 0.506 e. The highest BCUT2D eigenvalue weighted by molar-refractivity contribution is 5.87. The second kappa shape index (κ2) is 2.44. The fraction of sp³-hybridized carbons (Fsp3) is 0. The lowest BCUT2D eigenvalue weighted by molar-refractivity contribution is 0.475. The molecule has 0 spiro atoms.